The van der Waals surface area contributed by atoms with Crippen LogP contribution in [0, 0.1) is 0 Å². The zero-order chi connectivity index (χ0) is 12.5. The largest absolute Gasteiger partial charge is 0.404 e. The lowest BCUT2D eigenvalue weighted by atomic mass is 10.2. The van der Waals surface area contributed by atoms with Gasteiger partial charge in [-0.15, -0.1) is 5.10 Å². The monoisotopic (exact) mass is 253 g/mol. The van der Waals surface area contributed by atoms with Gasteiger partial charge in [-0.25, -0.2) is 8.42 Å². The zero-order valence-electron chi connectivity index (χ0n) is 9.12. The Morgan fingerprint density at radius 1 is 1.24 bits per heavy atom. The fraction of sp³-hybridized carbons (Fsp3) is 0.200. The predicted molar refractivity (Wildman–Crippen MR) is 61.9 cm³/mol. The Hall–Kier alpha value is -1.89. The Labute approximate surface area is 98.4 Å². The number of nitrogens with zero attached hydrogens (tertiary/aromatic N) is 2. The summed E-state index contributed by atoms with van der Waals surface area (Å²) in [5.41, 5.74) is 5.93. The highest BCUT2D eigenvalue weighted by molar-refractivity contribution is 7.91. The fourth-order valence-corrected chi connectivity index (χ4v) is 2.21. The van der Waals surface area contributed by atoms with Gasteiger partial charge in [0.2, 0.25) is 5.89 Å². The number of benzene rings is 1. The molecular weight excluding hydrogens is 242 g/mol. The van der Waals surface area contributed by atoms with Gasteiger partial charge in [0.25, 0.3) is 0 Å². The van der Waals surface area contributed by atoms with Gasteiger partial charge in [-0.3, -0.25) is 0 Å². The molecule has 0 atom stereocenters. The molecule has 6 nitrogen and oxygen atoms in total. The van der Waals surface area contributed by atoms with Crippen LogP contribution >= 0.6 is 0 Å². The van der Waals surface area contributed by atoms with Gasteiger partial charge in [0.05, 0.1) is 10.6 Å². The van der Waals surface area contributed by atoms with E-state index in [4.69, 9.17) is 10.2 Å². The number of rotatable bonds is 3. The summed E-state index contributed by atoms with van der Waals surface area (Å²) in [5, 5.41) is 7.23. The van der Waals surface area contributed by atoms with Crippen molar-refractivity contribution in [3.63, 3.8) is 0 Å². The summed E-state index contributed by atoms with van der Waals surface area (Å²) in [6, 6.07) is 6.21. The summed E-state index contributed by atoms with van der Waals surface area (Å²) in [7, 11) is -3.18. The number of aromatic nitrogens is 2. The van der Waals surface area contributed by atoms with E-state index in [0.29, 0.717) is 5.56 Å². The second kappa shape index (κ2) is 4.17. The summed E-state index contributed by atoms with van der Waals surface area (Å²) in [5.74, 6) is 0.336. The average Bonchev–Trinajstić information content (AvgIpc) is 2.76. The first kappa shape index (κ1) is 11.6. The second-order valence-corrected chi connectivity index (χ2v) is 5.65. The minimum absolute atomic E-state index is 0.0229. The highest BCUT2D eigenvalue weighted by atomic mass is 32.2. The lowest BCUT2D eigenvalue weighted by Gasteiger charge is -2.01. The molecular formula is C10H11N3O3S. The summed E-state index contributed by atoms with van der Waals surface area (Å²) >= 11 is 0. The van der Waals surface area contributed by atoms with E-state index in [1.807, 2.05) is 0 Å². The highest BCUT2D eigenvalue weighted by Gasteiger charge is 2.12. The molecule has 17 heavy (non-hydrogen) atoms. The first-order valence-corrected chi connectivity index (χ1v) is 6.60. The maximum atomic E-state index is 11.6. The second-order valence-electron chi connectivity index (χ2n) is 3.37. The molecule has 2 aromatic rings. The maximum absolute atomic E-state index is 11.6. The molecule has 1 aromatic carbocycles. The van der Waals surface area contributed by atoms with E-state index in [9.17, 15) is 8.42 Å². The Kier molecular flexibility index (Phi) is 2.84. The molecule has 7 heteroatoms. The number of hydrogen-bond donors (Lipinski definition) is 1. The number of nitrogen functional groups attached to an aromatic ring is 1. The Bertz CT molecular complexity index is 617. The van der Waals surface area contributed by atoms with Crippen molar-refractivity contribution in [2.45, 2.75) is 11.8 Å². The molecule has 0 unspecified atom stereocenters. The normalized spacial score (nSPS) is 11.6. The van der Waals surface area contributed by atoms with Crippen LogP contribution in [0.25, 0.3) is 11.5 Å². The third-order valence-corrected chi connectivity index (χ3v) is 4.03. The lowest BCUT2D eigenvalue weighted by molar-refractivity contribution is 0.589. The number of anilines is 1. The summed E-state index contributed by atoms with van der Waals surface area (Å²) in [6.45, 7) is 1.60. The van der Waals surface area contributed by atoms with Gasteiger partial charge in [0.15, 0.2) is 9.84 Å². The molecule has 2 rings (SSSR count). The summed E-state index contributed by atoms with van der Waals surface area (Å²) in [6.07, 6.45) is 0. The molecule has 90 valence electrons. The number of sulfone groups is 1. The average molecular weight is 253 g/mol. The molecule has 0 aliphatic heterocycles. The quantitative estimate of drug-likeness (QED) is 0.879. The molecule has 0 spiro atoms. The first-order chi connectivity index (χ1) is 8.03. The van der Waals surface area contributed by atoms with E-state index < -0.39 is 9.84 Å². The molecule has 0 radical (unpaired) electrons. The van der Waals surface area contributed by atoms with E-state index in [-0.39, 0.29) is 22.6 Å². The number of nitrogens with two attached hydrogens (primary N) is 1. The smallest absolute Gasteiger partial charge is 0.313 e. The van der Waals surface area contributed by atoms with Gasteiger partial charge >= 0.3 is 6.01 Å². The van der Waals surface area contributed by atoms with Crippen molar-refractivity contribution in [3.8, 4) is 11.5 Å². The Morgan fingerprint density at radius 3 is 2.35 bits per heavy atom. The minimum Gasteiger partial charge on any atom is -0.404 e. The van der Waals surface area contributed by atoms with Crippen LogP contribution in [0.15, 0.2) is 33.6 Å². The van der Waals surface area contributed by atoms with Crippen LogP contribution in [-0.2, 0) is 9.84 Å². The third kappa shape index (κ3) is 2.28. The molecule has 0 aliphatic carbocycles. The lowest BCUT2D eigenvalue weighted by Crippen LogP contribution is -2.03. The molecule has 0 saturated carbocycles. The molecule has 1 aromatic heterocycles. The first-order valence-electron chi connectivity index (χ1n) is 4.95. The van der Waals surface area contributed by atoms with E-state index >= 15 is 0 Å². The van der Waals surface area contributed by atoms with E-state index in [0.717, 1.165) is 0 Å². The molecule has 0 aliphatic rings. The van der Waals surface area contributed by atoms with E-state index in [1.165, 1.54) is 12.1 Å². The minimum atomic E-state index is -3.18. The van der Waals surface area contributed by atoms with Crippen LogP contribution in [0.4, 0.5) is 6.01 Å². The summed E-state index contributed by atoms with van der Waals surface area (Å²) in [4.78, 5) is 0.274. The SMILES string of the molecule is CCS(=O)(=O)c1ccc(-c2nnc(N)o2)cc1. The van der Waals surface area contributed by atoms with Gasteiger partial charge in [0, 0.05) is 5.56 Å². The highest BCUT2D eigenvalue weighted by Crippen LogP contribution is 2.21. The number of hydrogen-bond acceptors (Lipinski definition) is 6. The van der Waals surface area contributed by atoms with Crippen molar-refractivity contribution in [2.24, 2.45) is 0 Å². The molecule has 0 amide bonds. The van der Waals surface area contributed by atoms with Crippen LogP contribution < -0.4 is 5.73 Å². The molecule has 0 fully saturated rings. The Morgan fingerprint density at radius 2 is 1.88 bits per heavy atom. The molecule has 0 saturated heterocycles. The zero-order valence-corrected chi connectivity index (χ0v) is 9.94. The van der Waals surface area contributed by atoms with Crippen LogP contribution in [-0.4, -0.2) is 24.4 Å². The molecule has 2 N–H and O–H groups in total. The van der Waals surface area contributed by atoms with Gasteiger partial charge < -0.3 is 10.2 Å². The van der Waals surface area contributed by atoms with Crippen LogP contribution in [0.5, 0.6) is 0 Å². The fourth-order valence-electron chi connectivity index (χ4n) is 1.32. The Balaban J connectivity index is 2.37. The van der Waals surface area contributed by atoms with Gasteiger partial charge in [0.1, 0.15) is 0 Å². The van der Waals surface area contributed by atoms with Gasteiger partial charge in [-0.05, 0) is 24.3 Å². The van der Waals surface area contributed by atoms with E-state index in [2.05, 4.69) is 10.2 Å². The van der Waals surface area contributed by atoms with Crippen molar-refractivity contribution in [3.05, 3.63) is 24.3 Å². The van der Waals surface area contributed by atoms with Crippen molar-refractivity contribution < 1.29 is 12.8 Å². The predicted octanol–water partition coefficient (Wildman–Crippen LogP) is 1.11. The standard InChI is InChI=1S/C10H11N3O3S/c1-2-17(14,15)8-5-3-7(4-6-8)9-12-13-10(11)16-9/h3-6H,2H2,1H3,(H2,11,13). The topological polar surface area (TPSA) is 99.1 Å². The molecule has 1 heterocycles. The van der Waals surface area contributed by atoms with Crippen molar-refractivity contribution in [2.75, 3.05) is 11.5 Å². The maximum Gasteiger partial charge on any atom is 0.313 e. The van der Waals surface area contributed by atoms with Crippen LogP contribution in [0.3, 0.4) is 0 Å². The summed E-state index contributed by atoms with van der Waals surface area (Å²) < 4.78 is 28.2. The van der Waals surface area contributed by atoms with E-state index in [1.54, 1.807) is 19.1 Å². The molecule has 0 bridgehead atoms. The van der Waals surface area contributed by atoms with Crippen LogP contribution in [0.2, 0.25) is 0 Å². The third-order valence-electron chi connectivity index (χ3n) is 2.28. The van der Waals surface area contributed by atoms with Crippen molar-refractivity contribution in [1.82, 2.24) is 10.2 Å². The van der Waals surface area contributed by atoms with Gasteiger partial charge in [-0.2, -0.15) is 0 Å². The van der Waals surface area contributed by atoms with Crippen LogP contribution in [0.1, 0.15) is 6.92 Å². The van der Waals surface area contributed by atoms with Gasteiger partial charge in [-0.1, -0.05) is 12.0 Å². The van der Waals surface area contributed by atoms with Crippen molar-refractivity contribution >= 4 is 15.9 Å². The van der Waals surface area contributed by atoms with Crippen molar-refractivity contribution in [1.29, 1.82) is 0 Å².